The van der Waals surface area contributed by atoms with Crippen LogP contribution < -0.4 is 10.6 Å². The van der Waals surface area contributed by atoms with Gasteiger partial charge in [0.15, 0.2) is 0 Å². The van der Waals surface area contributed by atoms with Gasteiger partial charge in [0.2, 0.25) is 5.91 Å². The molecule has 1 heterocycles. The number of rotatable bonds is 4. The maximum Gasteiger partial charge on any atom is 0.328 e. The quantitative estimate of drug-likeness (QED) is 0.732. The average molecular weight is 274 g/mol. The molecule has 1 aliphatic heterocycles. The fraction of sp³-hybridized carbons (Fsp3) is 0.333. The summed E-state index contributed by atoms with van der Waals surface area (Å²) in [4.78, 5) is 22.5. The minimum Gasteiger partial charge on any atom is -0.478 e. The van der Waals surface area contributed by atoms with Crippen LogP contribution >= 0.6 is 0 Å². The molecule has 5 heteroatoms. The van der Waals surface area contributed by atoms with E-state index in [9.17, 15) is 9.59 Å². The van der Waals surface area contributed by atoms with E-state index in [2.05, 4.69) is 10.6 Å². The molecule has 1 aliphatic rings. The number of nitrogens with one attached hydrogen (secondary N) is 2. The summed E-state index contributed by atoms with van der Waals surface area (Å²) in [7, 11) is 0. The van der Waals surface area contributed by atoms with Crippen LogP contribution in [0.15, 0.2) is 30.3 Å². The van der Waals surface area contributed by atoms with Crippen LogP contribution in [0.25, 0.3) is 6.08 Å². The van der Waals surface area contributed by atoms with Crippen LogP contribution in [-0.2, 0) is 9.59 Å². The fourth-order valence-electron chi connectivity index (χ4n) is 2.19. The van der Waals surface area contributed by atoms with Crippen molar-refractivity contribution < 1.29 is 14.7 Å². The summed E-state index contributed by atoms with van der Waals surface area (Å²) >= 11 is 0. The molecule has 5 nitrogen and oxygen atoms in total. The number of benzene rings is 1. The van der Waals surface area contributed by atoms with Gasteiger partial charge in [0.25, 0.3) is 0 Å². The van der Waals surface area contributed by atoms with Gasteiger partial charge in [-0.25, -0.2) is 4.79 Å². The van der Waals surface area contributed by atoms with Gasteiger partial charge in [0.1, 0.15) is 0 Å². The van der Waals surface area contributed by atoms with Gasteiger partial charge in [-0.15, -0.1) is 0 Å². The summed E-state index contributed by atoms with van der Waals surface area (Å²) in [6.07, 6.45) is 5.59. The molecule has 3 N–H and O–H groups in total. The Labute approximate surface area is 117 Å². The first-order chi connectivity index (χ1) is 9.65. The Morgan fingerprint density at radius 3 is 2.90 bits per heavy atom. The average Bonchev–Trinajstić information content (AvgIpc) is 2.46. The molecule has 1 atom stereocenters. The van der Waals surface area contributed by atoms with E-state index in [0.29, 0.717) is 5.69 Å². The molecule has 0 unspecified atom stereocenters. The third kappa shape index (κ3) is 4.20. The van der Waals surface area contributed by atoms with Crippen molar-refractivity contribution in [2.75, 3.05) is 11.9 Å². The molecule has 0 saturated carbocycles. The number of carbonyl (C=O) groups is 2. The van der Waals surface area contributed by atoms with Gasteiger partial charge in [-0.2, -0.15) is 0 Å². The number of hydrogen-bond donors (Lipinski definition) is 3. The zero-order valence-electron chi connectivity index (χ0n) is 11.1. The van der Waals surface area contributed by atoms with Crippen LogP contribution in [0.2, 0.25) is 0 Å². The Morgan fingerprint density at radius 2 is 2.20 bits per heavy atom. The monoisotopic (exact) mass is 274 g/mol. The Balaban J connectivity index is 2.00. The van der Waals surface area contributed by atoms with Crippen molar-refractivity contribution in [2.24, 2.45) is 0 Å². The fourth-order valence-corrected chi connectivity index (χ4v) is 2.19. The topological polar surface area (TPSA) is 78.4 Å². The third-order valence-electron chi connectivity index (χ3n) is 3.20. The van der Waals surface area contributed by atoms with Gasteiger partial charge in [-0.05, 0) is 43.2 Å². The maximum atomic E-state index is 12.1. The number of carbonyl (C=O) groups excluding carboxylic acids is 1. The highest BCUT2D eigenvalue weighted by molar-refractivity contribution is 5.95. The number of carboxylic acid groups (broad SMARTS) is 1. The molecule has 1 aromatic carbocycles. The first-order valence-corrected chi connectivity index (χ1v) is 6.70. The molecule has 1 aromatic rings. The number of anilines is 1. The molecular weight excluding hydrogens is 256 g/mol. The lowest BCUT2D eigenvalue weighted by Crippen LogP contribution is -2.43. The zero-order chi connectivity index (χ0) is 14.4. The molecule has 1 fully saturated rings. The minimum absolute atomic E-state index is 0.0379. The lowest BCUT2D eigenvalue weighted by Gasteiger charge is -2.22. The molecule has 1 saturated heterocycles. The molecule has 2 rings (SSSR count). The Kier molecular flexibility index (Phi) is 4.90. The van der Waals surface area contributed by atoms with Crippen LogP contribution in [0.5, 0.6) is 0 Å². The van der Waals surface area contributed by atoms with E-state index >= 15 is 0 Å². The van der Waals surface area contributed by atoms with Crippen molar-refractivity contribution in [3.8, 4) is 0 Å². The Hall–Kier alpha value is -2.14. The van der Waals surface area contributed by atoms with Crippen LogP contribution in [0, 0.1) is 0 Å². The van der Waals surface area contributed by atoms with Crippen LogP contribution in [0.3, 0.4) is 0 Å². The molecule has 0 aliphatic carbocycles. The van der Waals surface area contributed by atoms with Gasteiger partial charge in [0.05, 0.1) is 6.04 Å². The number of amides is 1. The predicted molar refractivity (Wildman–Crippen MR) is 77.4 cm³/mol. The van der Waals surface area contributed by atoms with E-state index in [0.717, 1.165) is 37.4 Å². The van der Waals surface area contributed by atoms with Gasteiger partial charge in [-0.3, -0.25) is 4.79 Å². The van der Waals surface area contributed by atoms with Crippen molar-refractivity contribution in [3.05, 3.63) is 35.9 Å². The summed E-state index contributed by atoms with van der Waals surface area (Å²) in [5.74, 6) is -1.03. The molecule has 0 radical (unpaired) electrons. The lowest BCUT2D eigenvalue weighted by atomic mass is 10.0. The van der Waals surface area contributed by atoms with Gasteiger partial charge >= 0.3 is 5.97 Å². The van der Waals surface area contributed by atoms with Crippen LogP contribution in [0.1, 0.15) is 24.8 Å². The smallest absolute Gasteiger partial charge is 0.328 e. The second kappa shape index (κ2) is 6.86. The summed E-state index contributed by atoms with van der Waals surface area (Å²) in [6, 6.07) is 6.97. The zero-order valence-corrected chi connectivity index (χ0v) is 11.1. The summed E-state index contributed by atoms with van der Waals surface area (Å²) in [5, 5.41) is 14.6. The Bertz CT molecular complexity index is 520. The molecular formula is C15H18N2O3. The molecule has 0 spiro atoms. The van der Waals surface area contributed by atoms with Crippen LogP contribution in [0.4, 0.5) is 5.69 Å². The van der Waals surface area contributed by atoms with Crippen molar-refractivity contribution in [1.29, 1.82) is 0 Å². The highest BCUT2D eigenvalue weighted by Gasteiger charge is 2.20. The van der Waals surface area contributed by atoms with E-state index in [1.54, 1.807) is 24.3 Å². The summed E-state index contributed by atoms with van der Waals surface area (Å²) < 4.78 is 0. The molecule has 0 aromatic heterocycles. The lowest BCUT2D eigenvalue weighted by molar-refractivity contribution is -0.131. The normalized spacial score (nSPS) is 18.9. The molecule has 1 amide bonds. The summed E-state index contributed by atoms with van der Waals surface area (Å²) in [6.45, 7) is 0.874. The molecule has 20 heavy (non-hydrogen) atoms. The predicted octanol–water partition coefficient (Wildman–Crippen LogP) is 1.86. The summed E-state index contributed by atoms with van der Waals surface area (Å²) in [5.41, 5.74) is 1.41. The largest absolute Gasteiger partial charge is 0.478 e. The number of hydrogen-bond acceptors (Lipinski definition) is 3. The van der Waals surface area contributed by atoms with Crippen molar-refractivity contribution >= 4 is 23.6 Å². The standard InChI is InChI=1S/C15H18N2O3/c18-14(19)8-7-11-4-3-5-12(10-11)17-15(20)13-6-1-2-9-16-13/h3-5,7-8,10,13,16H,1-2,6,9H2,(H,17,20)(H,18,19)/b8-7+/t13-/m0/s1. The maximum absolute atomic E-state index is 12.1. The SMILES string of the molecule is O=C(O)/C=C/c1cccc(NC(=O)[C@@H]2CCCCN2)c1. The van der Waals surface area contributed by atoms with Gasteiger partial charge in [-0.1, -0.05) is 18.6 Å². The number of carboxylic acids is 1. The highest BCUT2D eigenvalue weighted by atomic mass is 16.4. The van der Waals surface area contributed by atoms with E-state index in [1.165, 1.54) is 6.08 Å². The van der Waals surface area contributed by atoms with Gasteiger partial charge in [0, 0.05) is 11.8 Å². The Morgan fingerprint density at radius 1 is 1.35 bits per heavy atom. The van der Waals surface area contributed by atoms with E-state index in [-0.39, 0.29) is 11.9 Å². The number of aliphatic carboxylic acids is 1. The van der Waals surface area contributed by atoms with Gasteiger partial charge < -0.3 is 15.7 Å². The van der Waals surface area contributed by atoms with Crippen molar-refractivity contribution in [2.45, 2.75) is 25.3 Å². The van der Waals surface area contributed by atoms with E-state index in [4.69, 9.17) is 5.11 Å². The molecule has 0 bridgehead atoms. The van der Waals surface area contributed by atoms with Crippen LogP contribution in [-0.4, -0.2) is 29.6 Å². The second-order valence-corrected chi connectivity index (χ2v) is 4.79. The minimum atomic E-state index is -0.995. The first-order valence-electron chi connectivity index (χ1n) is 6.70. The number of piperidine rings is 1. The van der Waals surface area contributed by atoms with Crippen molar-refractivity contribution in [1.82, 2.24) is 5.32 Å². The van der Waals surface area contributed by atoms with Crippen molar-refractivity contribution in [3.63, 3.8) is 0 Å². The first kappa shape index (κ1) is 14.3. The second-order valence-electron chi connectivity index (χ2n) is 4.79. The van der Waals surface area contributed by atoms with E-state index in [1.807, 2.05) is 0 Å². The van der Waals surface area contributed by atoms with E-state index < -0.39 is 5.97 Å². The molecule has 106 valence electrons. The highest BCUT2D eigenvalue weighted by Crippen LogP contribution is 2.14. The third-order valence-corrected chi connectivity index (χ3v) is 3.20.